The number of rotatable bonds is 9. The van der Waals surface area contributed by atoms with Crippen molar-refractivity contribution in [3.8, 4) is 0 Å². The predicted molar refractivity (Wildman–Crippen MR) is 130 cm³/mol. The summed E-state index contributed by atoms with van der Waals surface area (Å²) in [6.07, 6.45) is 5.16. The number of amides is 1. The molecule has 1 aliphatic carbocycles. The van der Waals surface area contributed by atoms with E-state index >= 15 is 0 Å². The van der Waals surface area contributed by atoms with Crippen LogP contribution < -0.4 is 0 Å². The summed E-state index contributed by atoms with van der Waals surface area (Å²) >= 11 is 5.86. The van der Waals surface area contributed by atoms with Crippen LogP contribution >= 0.6 is 11.6 Å². The van der Waals surface area contributed by atoms with Crippen molar-refractivity contribution in [2.24, 2.45) is 11.8 Å². The van der Waals surface area contributed by atoms with Gasteiger partial charge in [-0.05, 0) is 72.9 Å². The number of benzene rings is 1. The Balaban J connectivity index is 1.29. The first-order chi connectivity index (χ1) is 16.4. The van der Waals surface area contributed by atoms with Crippen molar-refractivity contribution in [3.05, 3.63) is 81.9 Å². The fourth-order valence-electron chi connectivity index (χ4n) is 4.80. The normalized spacial score (nSPS) is 18.7. The average Bonchev–Trinajstić information content (AvgIpc) is 3.49. The molecule has 1 fully saturated rings. The molecule has 7 nitrogen and oxygen atoms in total. The molecule has 3 atom stereocenters. The molecular weight excluding hydrogens is 452 g/mol. The first kappa shape index (κ1) is 24.4. The molecule has 8 heteroatoms. The van der Waals surface area contributed by atoms with Gasteiger partial charge in [0.15, 0.2) is 0 Å². The lowest BCUT2D eigenvalue weighted by Crippen LogP contribution is -2.26. The van der Waals surface area contributed by atoms with E-state index in [-0.39, 0.29) is 11.8 Å². The number of H-pyrrole nitrogens is 1. The quantitative estimate of drug-likeness (QED) is 0.436. The highest BCUT2D eigenvalue weighted by molar-refractivity contribution is 6.29. The minimum absolute atomic E-state index is 0.0323. The molecule has 2 N–H and O–H groups in total. The summed E-state index contributed by atoms with van der Waals surface area (Å²) in [5, 5.41) is 18.3. The van der Waals surface area contributed by atoms with Gasteiger partial charge >= 0.3 is 0 Å². The average molecular weight is 483 g/mol. The first-order valence-electron chi connectivity index (χ1n) is 11.6. The van der Waals surface area contributed by atoms with Crippen LogP contribution in [-0.2, 0) is 24.3 Å². The third-order valence-corrected chi connectivity index (χ3v) is 6.80. The SMILES string of the molecule is COCc1cc(CN(C)C(=O)c2ccc(C[C@@H]3CC[C@H]([C@H](O)c4ccc(Cl)nc4)C3)cc2)[nH]n1. The zero-order valence-corrected chi connectivity index (χ0v) is 20.3. The number of ether oxygens (including phenoxy) is 1. The Hall–Kier alpha value is -2.74. The maximum Gasteiger partial charge on any atom is 0.253 e. The molecule has 0 radical (unpaired) electrons. The maximum absolute atomic E-state index is 12.8. The molecule has 0 saturated heterocycles. The van der Waals surface area contributed by atoms with Gasteiger partial charge in [-0.25, -0.2) is 4.98 Å². The van der Waals surface area contributed by atoms with E-state index in [1.165, 1.54) is 5.56 Å². The van der Waals surface area contributed by atoms with Crippen LogP contribution in [0.1, 0.15) is 58.2 Å². The largest absolute Gasteiger partial charge is 0.388 e. The number of aromatic nitrogens is 3. The fourth-order valence-corrected chi connectivity index (χ4v) is 4.91. The smallest absolute Gasteiger partial charge is 0.253 e. The van der Waals surface area contributed by atoms with E-state index in [0.29, 0.717) is 29.8 Å². The van der Waals surface area contributed by atoms with Gasteiger partial charge in [-0.3, -0.25) is 9.89 Å². The Morgan fingerprint density at radius 1 is 1.26 bits per heavy atom. The minimum Gasteiger partial charge on any atom is -0.388 e. The summed E-state index contributed by atoms with van der Waals surface area (Å²) in [6.45, 7) is 0.890. The molecule has 4 rings (SSSR count). The first-order valence-corrected chi connectivity index (χ1v) is 12.0. The van der Waals surface area contributed by atoms with Gasteiger partial charge in [-0.15, -0.1) is 0 Å². The van der Waals surface area contributed by atoms with E-state index < -0.39 is 6.10 Å². The lowest BCUT2D eigenvalue weighted by atomic mass is 9.92. The molecule has 0 spiro atoms. The highest BCUT2D eigenvalue weighted by Crippen LogP contribution is 2.40. The standard InChI is InChI=1S/C26H31ClN4O3/c1-31(15-22-13-23(16-34-2)30-29-22)26(33)19-6-3-17(4-7-19)11-18-5-8-20(12-18)25(32)21-9-10-24(27)28-14-21/h3-4,6-7,9-10,13-14,18,20,25,32H,5,8,11-12,15-16H2,1-2H3,(H,29,30)/t18-,20-,25-/m0/s1. The molecule has 3 aromatic rings. The number of nitrogens with zero attached hydrogens (tertiary/aromatic N) is 3. The second kappa shape index (κ2) is 11.1. The second-order valence-electron chi connectivity index (χ2n) is 9.18. The Kier molecular flexibility index (Phi) is 7.98. The Morgan fingerprint density at radius 3 is 2.76 bits per heavy atom. The molecule has 1 saturated carbocycles. The number of nitrogens with one attached hydrogen (secondary N) is 1. The zero-order chi connectivity index (χ0) is 24.1. The molecular formula is C26H31ClN4O3. The number of halogens is 1. The molecule has 0 unspecified atom stereocenters. The van der Waals surface area contributed by atoms with Crippen molar-refractivity contribution in [3.63, 3.8) is 0 Å². The number of aromatic amines is 1. The van der Waals surface area contributed by atoms with Crippen LogP contribution in [0.2, 0.25) is 5.15 Å². The van der Waals surface area contributed by atoms with Crippen LogP contribution in [0.3, 0.4) is 0 Å². The number of carbonyl (C=O) groups is 1. The van der Waals surface area contributed by atoms with Gasteiger partial charge in [0.05, 0.1) is 30.6 Å². The number of aliphatic hydroxyl groups excluding tert-OH is 1. The molecule has 2 aromatic heterocycles. The van der Waals surface area contributed by atoms with Crippen molar-refractivity contribution in [2.45, 2.75) is 44.9 Å². The van der Waals surface area contributed by atoms with Gasteiger partial charge in [0, 0.05) is 25.9 Å². The summed E-state index contributed by atoms with van der Waals surface area (Å²) in [6, 6.07) is 13.4. The van der Waals surface area contributed by atoms with E-state index in [1.807, 2.05) is 36.4 Å². The van der Waals surface area contributed by atoms with Crippen LogP contribution in [-0.4, -0.2) is 45.3 Å². The van der Waals surface area contributed by atoms with Crippen molar-refractivity contribution < 1.29 is 14.6 Å². The van der Waals surface area contributed by atoms with Gasteiger partial charge in [0.25, 0.3) is 5.91 Å². The molecule has 1 amide bonds. The zero-order valence-electron chi connectivity index (χ0n) is 19.6. The highest BCUT2D eigenvalue weighted by Gasteiger charge is 2.31. The van der Waals surface area contributed by atoms with Crippen molar-refractivity contribution in [1.29, 1.82) is 0 Å². The van der Waals surface area contributed by atoms with Gasteiger partial charge in [-0.2, -0.15) is 5.10 Å². The summed E-state index contributed by atoms with van der Waals surface area (Å²) < 4.78 is 5.08. The number of hydrogen-bond donors (Lipinski definition) is 2. The summed E-state index contributed by atoms with van der Waals surface area (Å²) in [7, 11) is 3.41. The summed E-state index contributed by atoms with van der Waals surface area (Å²) in [5.41, 5.74) is 4.39. The van der Waals surface area contributed by atoms with Crippen LogP contribution in [0.5, 0.6) is 0 Å². The third-order valence-electron chi connectivity index (χ3n) is 6.58. The lowest BCUT2D eigenvalue weighted by molar-refractivity contribution is 0.0783. The number of pyridine rings is 1. The van der Waals surface area contributed by atoms with Gasteiger partial charge in [0.1, 0.15) is 5.15 Å². The Labute approximate surface area is 205 Å². The van der Waals surface area contributed by atoms with Gasteiger partial charge in [0.2, 0.25) is 0 Å². The predicted octanol–water partition coefficient (Wildman–Crippen LogP) is 4.57. The topological polar surface area (TPSA) is 91.3 Å². The molecule has 0 aliphatic heterocycles. The number of carbonyl (C=O) groups excluding carboxylic acids is 1. The van der Waals surface area contributed by atoms with Crippen LogP contribution in [0.15, 0.2) is 48.7 Å². The fraction of sp³-hybridized carbons (Fsp3) is 0.423. The second-order valence-corrected chi connectivity index (χ2v) is 9.57. The van der Waals surface area contributed by atoms with Crippen LogP contribution in [0.25, 0.3) is 0 Å². The van der Waals surface area contributed by atoms with E-state index in [0.717, 1.165) is 42.6 Å². The minimum atomic E-state index is -0.509. The van der Waals surface area contributed by atoms with E-state index in [9.17, 15) is 9.90 Å². The van der Waals surface area contributed by atoms with Crippen LogP contribution in [0.4, 0.5) is 0 Å². The van der Waals surface area contributed by atoms with Gasteiger partial charge in [-0.1, -0.05) is 29.8 Å². The van der Waals surface area contributed by atoms with Crippen molar-refractivity contribution in [2.75, 3.05) is 14.2 Å². The monoisotopic (exact) mass is 482 g/mol. The maximum atomic E-state index is 12.8. The molecule has 1 aliphatic rings. The molecule has 0 bridgehead atoms. The summed E-state index contributed by atoms with van der Waals surface area (Å²) in [5.74, 6) is 0.718. The molecule has 180 valence electrons. The van der Waals surface area contributed by atoms with Crippen molar-refractivity contribution >= 4 is 17.5 Å². The van der Waals surface area contributed by atoms with E-state index in [1.54, 1.807) is 31.3 Å². The Morgan fingerprint density at radius 2 is 2.06 bits per heavy atom. The highest BCUT2D eigenvalue weighted by atomic mass is 35.5. The lowest BCUT2D eigenvalue weighted by Gasteiger charge is -2.19. The summed E-state index contributed by atoms with van der Waals surface area (Å²) in [4.78, 5) is 18.6. The molecule has 1 aromatic carbocycles. The van der Waals surface area contributed by atoms with Gasteiger partial charge < -0.3 is 14.7 Å². The molecule has 34 heavy (non-hydrogen) atoms. The molecule has 2 heterocycles. The van der Waals surface area contributed by atoms with Crippen molar-refractivity contribution in [1.82, 2.24) is 20.1 Å². The number of hydrogen-bond acceptors (Lipinski definition) is 5. The van der Waals surface area contributed by atoms with Crippen LogP contribution in [0, 0.1) is 11.8 Å². The number of methoxy groups -OCH3 is 1. The van der Waals surface area contributed by atoms with E-state index in [4.69, 9.17) is 16.3 Å². The third kappa shape index (κ3) is 6.03. The van der Waals surface area contributed by atoms with E-state index in [2.05, 4.69) is 15.2 Å². The number of aliphatic hydroxyl groups is 1. The Bertz CT molecular complexity index is 1080.